The third-order valence-electron chi connectivity index (χ3n) is 6.61. The van der Waals surface area contributed by atoms with Crippen LogP contribution in [0.25, 0.3) is 0 Å². The quantitative estimate of drug-likeness (QED) is 0.817. The summed E-state index contributed by atoms with van der Waals surface area (Å²) in [5.41, 5.74) is 1.75. The second-order valence-corrected chi connectivity index (χ2v) is 7.85. The van der Waals surface area contributed by atoms with Crippen molar-refractivity contribution in [3.8, 4) is 0 Å². The number of carbonyl (C=O) groups is 1. The molecule has 0 bridgehead atoms. The molecular weight excluding hydrogens is 316 g/mol. The molecule has 0 saturated carbocycles. The van der Waals surface area contributed by atoms with Crippen molar-refractivity contribution in [3.63, 3.8) is 0 Å². The Kier molecular flexibility index (Phi) is 4.28. The van der Waals surface area contributed by atoms with E-state index in [1.165, 1.54) is 0 Å². The van der Waals surface area contributed by atoms with Crippen LogP contribution in [-0.4, -0.2) is 71.1 Å². The van der Waals surface area contributed by atoms with E-state index in [0.717, 1.165) is 57.9 Å². The molecule has 6 heteroatoms. The highest BCUT2D eigenvalue weighted by Crippen LogP contribution is 2.50. The molecule has 1 aromatic rings. The summed E-state index contributed by atoms with van der Waals surface area (Å²) in [5.74, 6) is 1.43. The number of ether oxygens (including phenoxy) is 1. The highest BCUT2D eigenvalue weighted by Gasteiger charge is 2.55. The standard InChI is InChI=1S/C19H28N4O2/c1-4-22-12-19(16-10-25-11-17(16)22)5-7-23(8-6-19)18(24)15-9-20-14(3)21-13(15)2/h9,16-17H,4-8,10-12H2,1-3H3/t16-,17+/m0/s1. The average Bonchev–Trinajstić information content (AvgIpc) is 3.19. The summed E-state index contributed by atoms with van der Waals surface area (Å²) in [6.07, 6.45) is 3.83. The number of likely N-dealkylation sites (N-methyl/N-ethyl adjacent to an activating group) is 1. The fraction of sp³-hybridized carbons (Fsp3) is 0.737. The molecule has 0 aliphatic carbocycles. The van der Waals surface area contributed by atoms with Gasteiger partial charge in [0.2, 0.25) is 0 Å². The Morgan fingerprint density at radius 2 is 2.08 bits per heavy atom. The van der Waals surface area contributed by atoms with Gasteiger partial charge in [0, 0.05) is 37.8 Å². The molecule has 6 nitrogen and oxygen atoms in total. The fourth-order valence-electron chi connectivity index (χ4n) is 5.12. The van der Waals surface area contributed by atoms with E-state index < -0.39 is 0 Å². The van der Waals surface area contributed by atoms with Crippen LogP contribution in [0.1, 0.15) is 41.6 Å². The van der Waals surface area contributed by atoms with E-state index in [-0.39, 0.29) is 5.91 Å². The number of aromatic nitrogens is 2. The number of carbonyl (C=O) groups excluding carboxylic acids is 1. The monoisotopic (exact) mass is 344 g/mol. The molecule has 3 aliphatic heterocycles. The largest absolute Gasteiger partial charge is 0.379 e. The van der Waals surface area contributed by atoms with Gasteiger partial charge < -0.3 is 9.64 Å². The van der Waals surface area contributed by atoms with Gasteiger partial charge in [0.15, 0.2) is 0 Å². The number of aryl methyl sites for hydroxylation is 2. The Labute approximate surface area is 149 Å². The molecule has 1 spiro atoms. The zero-order valence-corrected chi connectivity index (χ0v) is 15.5. The third kappa shape index (κ3) is 2.75. The highest BCUT2D eigenvalue weighted by molar-refractivity contribution is 5.95. The number of hydrogen-bond donors (Lipinski definition) is 0. The maximum atomic E-state index is 12.9. The van der Waals surface area contributed by atoms with Gasteiger partial charge >= 0.3 is 0 Å². The fourth-order valence-corrected chi connectivity index (χ4v) is 5.12. The molecule has 0 radical (unpaired) electrons. The van der Waals surface area contributed by atoms with E-state index in [4.69, 9.17) is 4.74 Å². The Morgan fingerprint density at radius 1 is 1.32 bits per heavy atom. The Hall–Kier alpha value is -1.53. The third-order valence-corrected chi connectivity index (χ3v) is 6.61. The van der Waals surface area contributed by atoms with Gasteiger partial charge in [-0.25, -0.2) is 9.97 Å². The minimum Gasteiger partial charge on any atom is -0.379 e. The molecule has 1 aromatic heterocycles. The van der Waals surface area contributed by atoms with Gasteiger partial charge in [0.1, 0.15) is 5.82 Å². The van der Waals surface area contributed by atoms with Gasteiger partial charge in [-0.05, 0) is 38.6 Å². The van der Waals surface area contributed by atoms with Gasteiger partial charge in [-0.3, -0.25) is 9.69 Å². The van der Waals surface area contributed by atoms with Crippen molar-refractivity contribution in [1.82, 2.24) is 19.8 Å². The molecule has 0 aromatic carbocycles. The first-order chi connectivity index (χ1) is 12.0. The normalized spacial score (nSPS) is 28.5. The number of piperidine rings is 1. The smallest absolute Gasteiger partial charge is 0.257 e. The predicted octanol–water partition coefficient (Wildman–Crippen LogP) is 1.67. The molecule has 3 fully saturated rings. The molecule has 25 heavy (non-hydrogen) atoms. The lowest BCUT2D eigenvalue weighted by Gasteiger charge is -2.42. The molecule has 0 unspecified atom stereocenters. The second kappa shape index (κ2) is 6.32. The summed E-state index contributed by atoms with van der Waals surface area (Å²) in [7, 11) is 0. The molecule has 2 atom stereocenters. The number of rotatable bonds is 2. The Bertz CT molecular complexity index is 669. The second-order valence-electron chi connectivity index (χ2n) is 7.85. The van der Waals surface area contributed by atoms with E-state index in [9.17, 15) is 4.79 Å². The molecule has 136 valence electrons. The first-order valence-electron chi connectivity index (χ1n) is 9.45. The van der Waals surface area contributed by atoms with Crippen LogP contribution in [0.2, 0.25) is 0 Å². The summed E-state index contributed by atoms with van der Waals surface area (Å²) in [5, 5.41) is 0. The van der Waals surface area contributed by atoms with Crippen LogP contribution in [0.4, 0.5) is 0 Å². The van der Waals surface area contributed by atoms with Crippen molar-refractivity contribution in [2.75, 3.05) is 39.4 Å². The molecular formula is C19H28N4O2. The molecule has 4 rings (SSSR count). The predicted molar refractivity (Wildman–Crippen MR) is 94.4 cm³/mol. The lowest BCUT2D eigenvalue weighted by Crippen LogP contribution is -2.47. The lowest BCUT2D eigenvalue weighted by atomic mass is 9.70. The number of nitrogens with zero attached hydrogens (tertiary/aromatic N) is 4. The maximum absolute atomic E-state index is 12.9. The maximum Gasteiger partial charge on any atom is 0.257 e. The molecule has 0 N–H and O–H groups in total. The number of likely N-dealkylation sites (tertiary alicyclic amines) is 2. The number of hydrogen-bond acceptors (Lipinski definition) is 5. The Balaban J connectivity index is 1.47. The highest BCUT2D eigenvalue weighted by atomic mass is 16.5. The van der Waals surface area contributed by atoms with Crippen molar-refractivity contribution in [2.45, 2.75) is 39.7 Å². The van der Waals surface area contributed by atoms with Gasteiger partial charge in [0.05, 0.1) is 24.5 Å². The number of amides is 1. The van der Waals surface area contributed by atoms with Gasteiger partial charge in [0.25, 0.3) is 5.91 Å². The van der Waals surface area contributed by atoms with Crippen LogP contribution < -0.4 is 0 Å². The molecule has 3 saturated heterocycles. The van der Waals surface area contributed by atoms with Crippen molar-refractivity contribution in [1.29, 1.82) is 0 Å². The van der Waals surface area contributed by atoms with Crippen LogP contribution >= 0.6 is 0 Å². The van der Waals surface area contributed by atoms with Crippen LogP contribution in [0.3, 0.4) is 0 Å². The van der Waals surface area contributed by atoms with E-state index >= 15 is 0 Å². The van der Waals surface area contributed by atoms with E-state index in [1.807, 2.05) is 18.7 Å². The molecule has 4 heterocycles. The first-order valence-corrected chi connectivity index (χ1v) is 9.45. The first kappa shape index (κ1) is 16.9. The van der Waals surface area contributed by atoms with Gasteiger partial charge in [-0.1, -0.05) is 6.92 Å². The summed E-state index contributed by atoms with van der Waals surface area (Å²) < 4.78 is 5.80. The van der Waals surface area contributed by atoms with Crippen LogP contribution in [0, 0.1) is 25.2 Å². The minimum absolute atomic E-state index is 0.0805. The summed E-state index contributed by atoms with van der Waals surface area (Å²) >= 11 is 0. The molecule has 3 aliphatic rings. The lowest BCUT2D eigenvalue weighted by molar-refractivity contribution is 0.0401. The minimum atomic E-state index is 0.0805. The molecule has 1 amide bonds. The van der Waals surface area contributed by atoms with E-state index in [0.29, 0.717) is 28.8 Å². The van der Waals surface area contributed by atoms with Crippen molar-refractivity contribution < 1.29 is 9.53 Å². The zero-order valence-electron chi connectivity index (χ0n) is 15.5. The van der Waals surface area contributed by atoms with E-state index in [2.05, 4.69) is 21.8 Å². The van der Waals surface area contributed by atoms with Crippen LogP contribution in [0.15, 0.2) is 6.20 Å². The zero-order chi connectivity index (χ0) is 17.6. The average molecular weight is 344 g/mol. The Morgan fingerprint density at radius 3 is 2.76 bits per heavy atom. The van der Waals surface area contributed by atoms with Crippen molar-refractivity contribution in [3.05, 3.63) is 23.3 Å². The van der Waals surface area contributed by atoms with Crippen molar-refractivity contribution in [2.24, 2.45) is 11.3 Å². The summed E-state index contributed by atoms with van der Waals surface area (Å²) in [6.45, 7) is 11.7. The summed E-state index contributed by atoms with van der Waals surface area (Å²) in [6, 6.07) is 0.583. The number of fused-ring (bicyclic) bond motifs is 2. The van der Waals surface area contributed by atoms with Crippen molar-refractivity contribution >= 4 is 5.91 Å². The topological polar surface area (TPSA) is 58.6 Å². The van der Waals surface area contributed by atoms with E-state index in [1.54, 1.807) is 6.20 Å². The van der Waals surface area contributed by atoms with Crippen LogP contribution in [0.5, 0.6) is 0 Å². The van der Waals surface area contributed by atoms with Crippen LogP contribution in [-0.2, 0) is 4.74 Å². The summed E-state index contributed by atoms with van der Waals surface area (Å²) in [4.78, 5) is 26.0. The SMILES string of the molecule is CCN1CC2(CCN(C(=O)c3cnc(C)nc3C)CC2)[C@H]2COC[C@H]21. The van der Waals surface area contributed by atoms with Gasteiger partial charge in [-0.2, -0.15) is 0 Å². The van der Waals surface area contributed by atoms with Gasteiger partial charge in [-0.15, -0.1) is 0 Å².